The van der Waals surface area contributed by atoms with E-state index in [1.165, 1.54) is 0 Å². The summed E-state index contributed by atoms with van der Waals surface area (Å²) in [6.45, 7) is 0.319. The maximum atomic E-state index is 8.64. The van der Waals surface area contributed by atoms with E-state index in [0.717, 1.165) is 0 Å². The summed E-state index contributed by atoms with van der Waals surface area (Å²) < 4.78 is 0. The Kier molecular flexibility index (Phi) is 3020. The van der Waals surface area contributed by atoms with Crippen LogP contribution in [0.4, 0.5) is 4.79 Å². The fourth-order valence-corrected chi connectivity index (χ4v) is 0. The first-order valence-corrected chi connectivity index (χ1v) is 2.09. The average molecular weight is 655 g/mol. The molecule has 0 aromatic heterocycles. The van der Waals surface area contributed by atoms with Crippen LogP contribution in [0.1, 0.15) is 7.43 Å². The molecule has 21 N–H and O–H groups in total. The van der Waals surface area contributed by atoms with Gasteiger partial charge in [-0.2, -0.15) is 9.59 Å². The summed E-state index contributed by atoms with van der Waals surface area (Å²) in [6.07, 6.45) is -2.08. The zero-order valence-electron chi connectivity index (χ0n) is 15.9. The molecule has 0 saturated heterocycles. The van der Waals surface area contributed by atoms with Crippen LogP contribution in [0.2, 0.25) is 0 Å². The first kappa shape index (κ1) is 255. The molecule has 0 spiro atoms. The molecular formula is C5H26Ca5O23. The Morgan fingerprint density at radius 1 is 0.727 bits per heavy atom. The van der Waals surface area contributed by atoms with Gasteiger partial charge in [0.05, 0.1) is 0 Å². The summed E-state index contributed by atoms with van der Waals surface area (Å²) in [5.74, 6) is 0. The monoisotopic (exact) mass is 654 g/mol. The zero-order valence-corrected chi connectivity index (χ0v) is 27.0. The molecule has 0 unspecified atom stereocenters. The Morgan fingerprint density at radius 2 is 0.758 bits per heavy atom. The normalized spacial score (nSPS) is 1.97. The standard InChI is InChI=1S/2CH2O3.CHO2.CO2.CH4.5Ca.13H2O/c2-1-4-3;2-1(3)4;2*2-1-3;;;;;;;;;;;;;;;;;;;/h1,3H;(H2,2,3,4);(H,2,3);;1H4;;;;;;13*1H2/q;;-1;;;5*+2;;;;;;;;;;;;;/p-9. The predicted octanol–water partition coefficient (Wildman–Crippen LogP) is -13.1. The minimum Gasteiger partial charge on any atom is -0.870 e. The van der Waals surface area contributed by atoms with Crippen LogP contribution < -0.4 is 15.5 Å². The molecule has 0 bridgehead atoms. The summed E-state index contributed by atoms with van der Waals surface area (Å²) in [6, 6.07) is 0. The Labute approximate surface area is 335 Å². The van der Waals surface area contributed by atoms with E-state index < -0.39 is 6.16 Å². The maximum Gasteiger partial charge on any atom is 2.00 e. The molecule has 0 aromatic carbocycles. The SMILES string of the molecule is C.O.O.O.O.O.O.O.O=C([O-])[O-].O=C=O.O=CO[O-].O=[C-]O.[Ca+2].[Ca+2].[Ca+2].[Ca+2].[Ca+2].[OH-].[OH-].[OH-].[OH-].[OH-].[OH-]. The molecule has 0 atom stereocenters. The second-order valence-electron chi connectivity index (χ2n) is 0.617. The van der Waals surface area contributed by atoms with Crippen molar-refractivity contribution >= 4 is 214 Å². The summed E-state index contributed by atoms with van der Waals surface area (Å²) in [5.41, 5.74) is 0. The van der Waals surface area contributed by atoms with Gasteiger partial charge in [0.25, 0.3) is 6.47 Å². The summed E-state index contributed by atoms with van der Waals surface area (Å²) in [4.78, 5) is 44.1. The summed E-state index contributed by atoms with van der Waals surface area (Å²) >= 11 is 0. The largest absolute Gasteiger partial charge is 2.00 e. The Balaban J connectivity index is -0.00000000162. The molecule has 0 aliphatic rings. The van der Waals surface area contributed by atoms with Crippen molar-refractivity contribution in [2.24, 2.45) is 0 Å². The minimum absolute atomic E-state index is 0. The molecule has 0 fully saturated rings. The molecule has 194 valence electrons. The van der Waals surface area contributed by atoms with Gasteiger partial charge in [0.2, 0.25) is 0 Å². The molecule has 28 heteroatoms. The molecule has 0 heterocycles. The van der Waals surface area contributed by atoms with E-state index in [1.807, 2.05) is 0 Å². The molecule has 0 aromatic rings. The van der Waals surface area contributed by atoms with Gasteiger partial charge in [-0.05, 0) is 6.16 Å². The first-order valence-electron chi connectivity index (χ1n) is 2.09. The van der Waals surface area contributed by atoms with Crippen molar-refractivity contribution in [2.75, 3.05) is 0 Å². The van der Waals surface area contributed by atoms with E-state index in [-0.39, 0.29) is 280 Å². The third kappa shape index (κ3) is 2090. The topological polar surface area (TPSA) is 584 Å². The Hall–Kier alpha value is 3.33. The maximum absolute atomic E-state index is 8.64. The number of hydrogen-bond acceptors (Lipinski definition) is 15. The third-order valence-electron chi connectivity index (χ3n) is 0.0393. The van der Waals surface area contributed by atoms with Crippen molar-refractivity contribution in [2.45, 2.75) is 7.43 Å². The fourth-order valence-electron chi connectivity index (χ4n) is 0. The predicted molar refractivity (Wildman–Crippen MR) is 98.3 cm³/mol. The molecule has 0 rings (SSSR count). The average Bonchev–Trinajstić information content (AvgIpc) is 2.06. The van der Waals surface area contributed by atoms with Gasteiger partial charge in [-0.15, -0.1) is 0 Å². The second kappa shape index (κ2) is 390. The first-order chi connectivity index (χ1) is 6.47. The molecule has 23 nitrogen and oxygen atoms in total. The molecule has 33 heavy (non-hydrogen) atoms. The molecule has 0 aliphatic heterocycles. The minimum atomic E-state index is -2.33. The quantitative estimate of drug-likeness (QED) is 0.0901. The Morgan fingerprint density at radius 3 is 0.758 bits per heavy atom. The van der Waals surface area contributed by atoms with Crippen molar-refractivity contribution in [1.29, 1.82) is 0 Å². The van der Waals surface area contributed by atoms with Gasteiger partial charge in [-0.25, -0.2) is 0 Å². The van der Waals surface area contributed by atoms with Gasteiger partial charge in [-0.1, -0.05) is 13.9 Å². The Bertz CT molecular complexity index is 179. The van der Waals surface area contributed by atoms with Crippen molar-refractivity contribution in [3.63, 3.8) is 0 Å². The van der Waals surface area contributed by atoms with Crippen LogP contribution in [0, 0.1) is 0 Å². The van der Waals surface area contributed by atoms with E-state index in [4.69, 9.17) is 44.5 Å². The van der Waals surface area contributed by atoms with Crippen LogP contribution in [0.15, 0.2) is 0 Å². The molecule has 0 saturated carbocycles. The zero-order chi connectivity index (χ0) is 12.4. The third-order valence-corrected chi connectivity index (χ3v) is 0.0393. The number of carbonyl (C=O) groups excluding carboxylic acids is 4. The fraction of sp³-hybridized carbons (Fsp3) is 0.200. The van der Waals surface area contributed by atoms with E-state index in [1.54, 1.807) is 0 Å². The van der Waals surface area contributed by atoms with Crippen LogP contribution >= 0.6 is 0 Å². The number of carboxylic acid groups (broad SMARTS) is 2. The van der Waals surface area contributed by atoms with Crippen molar-refractivity contribution in [3.8, 4) is 0 Å². The molecule has 0 amide bonds. The molecule has 0 radical (unpaired) electrons. The van der Waals surface area contributed by atoms with Gasteiger partial charge < -0.3 is 106 Å². The van der Waals surface area contributed by atoms with Gasteiger partial charge in [0.1, 0.15) is 0 Å². The smallest absolute Gasteiger partial charge is 0.870 e. The number of aliphatic hydroxyl groups excluding tert-OH is 1. The summed E-state index contributed by atoms with van der Waals surface area (Å²) in [7, 11) is 0. The van der Waals surface area contributed by atoms with Crippen molar-refractivity contribution in [3.05, 3.63) is 0 Å². The van der Waals surface area contributed by atoms with Crippen LogP contribution in [-0.2, 0) is 24.1 Å². The van der Waals surface area contributed by atoms with E-state index >= 15 is 0 Å². The van der Waals surface area contributed by atoms with Crippen molar-refractivity contribution in [1.82, 2.24) is 0 Å². The van der Waals surface area contributed by atoms with Crippen LogP contribution in [-0.4, -0.2) is 290 Å². The van der Waals surface area contributed by atoms with E-state index in [0.29, 0.717) is 6.47 Å². The molecular weight excluding hydrogens is 628 g/mol. The van der Waals surface area contributed by atoms with Gasteiger partial charge in [0.15, 0.2) is 0 Å². The number of hydrogen-bond donors (Lipinski definition) is 1. The van der Waals surface area contributed by atoms with Gasteiger partial charge in [0, 0.05) is 0 Å². The van der Waals surface area contributed by atoms with Gasteiger partial charge in [-0.3, -0.25) is 4.79 Å². The van der Waals surface area contributed by atoms with Crippen molar-refractivity contribution < 1.29 is 121 Å². The number of rotatable bonds is 1. The number of carbonyl (C=O) groups is 2. The van der Waals surface area contributed by atoms with Crippen LogP contribution in [0.5, 0.6) is 0 Å². The van der Waals surface area contributed by atoms with Crippen LogP contribution in [0.3, 0.4) is 0 Å². The van der Waals surface area contributed by atoms with E-state index in [9.17, 15) is 0 Å². The second-order valence-corrected chi connectivity index (χ2v) is 0.617. The summed E-state index contributed by atoms with van der Waals surface area (Å²) in [5, 5.41) is 31.9. The van der Waals surface area contributed by atoms with Gasteiger partial charge >= 0.3 is 195 Å². The molecule has 0 aliphatic carbocycles. The van der Waals surface area contributed by atoms with E-state index in [2.05, 4.69) is 4.89 Å². The van der Waals surface area contributed by atoms with Crippen LogP contribution in [0.25, 0.3) is 0 Å².